The molecule has 1 heterocycles. The normalized spacial score (nSPS) is 16.2. The number of halogens is 1. The van der Waals surface area contributed by atoms with Crippen molar-refractivity contribution in [2.24, 2.45) is 0 Å². The summed E-state index contributed by atoms with van der Waals surface area (Å²) >= 11 is 8.70. The summed E-state index contributed by atoms with van der Waals surface area (Å²) in [6, 6.07) is 16.9. The summed E-state index contributed by atoms with van der Waals surface area (Å²) in [5.41, 5.74) is 1.98. The number of carbonyl (C=O) groups excluding carboxylic acids is 2. The number of amides is 2. The molecule has 2 amide bonds. The van der Waals surface area contributed by atoms with Crippen molar-refractivity contribution in [1.29, 1.82) is 5.26 Å². The van der Waals surface area contributed by atoms with Gasteiger partial charge >= 0.3 is 0 Å². The molecule has 5 nitrogen and oxygen atoms in total. The van der Waals surface area contributed by atoms with Gasteiger partial charge in [0.15, 0.2) is 0 Å². The summed E-state index contributed by atoms with van der Waals surface area (Å²) in [4.78, 5) is 25.6. The smallest absolute Gasteiger partial charge is 0.234 e. The van der Waals surface area contributed by atoms with Gasteiger partial charge in [-0.1, -0.05) is 41.6 Å². The van der Waals surface area contributed by atoms with Gasteiger partial charge in [0.1, 0.15) is 0 Å². The lowest BCUT2D eigenvalue weighted by molar-refractivity contribution is -0.121. The Kier molecular flexibility index (Phi) is 7.26. The molecule has 148 valence electrons. The fourth-order valence-corrected chi connectivity index (χ4v) is 4.43. The first kappa shape index (κ1) is 21.3. The van der Waals surface area contributed by atoms with Crippen LogP contribution in [0.2, 0.25) is 5.02 Å². The molecule has 2 aromatic rings. The number of thioether (sulfide) groups is 2. The monoisotopic (exact) mass is 443 g/mol. The first-order chi connectivity index (χ1) is 14.0. The Morgan fingerprint density at radius 3 is 2.72 bits per heavy atom. The molecule has 8 heteroatoms. The summed E-state index contributed by atoms with van der Waals surface area (Å²) in [5, 5.41) is 16.2. The van der Waals surface area contributed by atoms with Gasteiger partial charge in [-0.15, -0.1) is 11.8 Å². The third-order valence-electron chi connectivity index (χ3n) is 4.33. The van der Waals surface area contributed by atoms with E-state index in [0.717, 1.165) is 22.2 Å². The van der Waals surface area contributed by atoms with Crippen LogP contribution in [0.1, 0.15) is 17.9 Å². The first-order valence-electron chi connectivity index (χ1n) is 8.76. The number of nitriles is 1. The largest absolute Gasteiger partial charge is 0.325 e. The quantitative estimate of drug-likeness (QED) is 0.628. The molecule has 2 aromatic carbocycles. The van der Waals surface area contributed by atoms with Crippen LogP contribution in [0.25, 0.3) is 0 Å². The van der Waals surface area contributed by atoms with Crippen LogP contribution in [0, 0.1) is 11.3 Å². The van der Waals surface area contributed by atoms with E-state index in [1.807, 2.05) is 30.5 Å². The Balaban J connectivity index is 1.74. The molecule has 0 bridgehead atoms. The lowest BCUT2D eigenvalue weighted by atomic mass is 9.87. The molecule has 3 rings (SSSR count). The van der Waals surface area contributed by atoms with E-state index in [1.165, 1.54) is 0 Å². The molecular formula is C21H18ClN3O2S2. The average Bonchev–Trinajstić information content (AvgIpc) is 2.72. The second-order valence-electron chi connectivity index (χ2n) is 6.28. The molecule has 0 unspecified atom stereocenters. The zero-order valence-electron chi connectivity index (χ0n) is 15.6. The molecule has 0 radical (unpaired) electrons. The van der Waals surface area contributed by atoms with Crippen molar-refractivity contribution < 1.29 is 9.59 Å². The van der Waals surface area contributed by atoms with Crippen molar-refractivity contribution in [3.63, 3.8) is 0 Å². The minimum atomic E-state index is -0.317. The topological polar surface area (TPSA) is 82.0 Å². The maximum Gasteiger partial charge on any atom is 0.234 e. The van der Waals surface area contributed by atoms with Gasteiger partial charge in [-0.25, -0.2) is 0 Å². The van der Waals surface area contributed by atoms with Gasteiger partial charge in [0, 0.05) is 27.9 Å². The van der Waals surface area contributed by atoms with E-state index in [0.29, 0.717) is 21.3 Å². The Morgan fingerprint density at radius 1 is 1.31 bits per heavy atom. The van der Waals surface area contributed by atoms with Gasteiger partial charge in [-0.05, 0) is 42.2 Å². The number of benzene rings is 2. The predicted molar refractivity (Wildman–Crippen MR) is 119 cm³/mol. The average molecular weight is 444 g/mol. The van der Waals surface area contributed by atoms with Crippen LogP contribution < -0.4 is 10.6 Å². The second-order valence-corrected chi connectivity index (χ2v) is 8.58. The maximum atomic E-state index is 12.3. The zero-order chi connectivity index (χ0) is 20.8. The van der Waals surface area contributed by atoms with E-state index >= 15 is 0 Å². The fraction of sp³-hybridized carbons (Fsp3) is 0.190. The van der Waals surface area contributed by atoms with Gasteiger partial charge in [0.2, 0.25) is 11.8 Å². The van der Waals surface area contributed by atoms with Gasteiger partial charge in [-0.3, -0.25) is 9.59 Å². The molecule has 0 fully saturated rings. The number of hydrogen-bond donors (Lipinski definition) is 2. The summed E-state index contributed by atoms with van der Waals surface area (Å²) in [5.74, 6) is -0.669. The summed E-state index contributed by atoms with van der Waals surface area (Å²) in [7, 11) is 0. The van der Waals surface area contributed by atoms with E-state index in [2.05, 4.69) is 16.7 Å². The summed E-state index contributed by atoms with van der Waals surface area (Å²) in [6.45, 7) is 0. The minimum absolute atomic E-state index is 0.0610. The number of hydrogen-bond acceptors (Lipinski definition) is 5. The van der Waals surface area contributed by atoms with Crippen LogP contribution in [0.15, 0.2) is 64.0 Å². The van der Waals surface area contributed by atoms with Crippen molar-refractivity contribution in [3.8, 4) is 6.07 Å². The second kappa shape index (κ2) is 9.88. The molecule has 1 aliphatic heterocycles. The number of allylic oxidation sites excluding steroid dienone is 1. The highest BCUT2D eigenvalue weighted by Gasteiger charge is 2.29. The first-order valence-corrected chi connectivity index (χ1v) is 11.3. The third kappa shape index (κ3) is 5.57. The molecule has 0 spiro atoms. The molecule has 2 N–H and O–H groups in total. The van der Waals surface area contributed by atoms with Crippen molar-refractivity contribution in [3.05, 3.63) is 69.7 Å². The molecule has 1 aliphatic rings. The SMILES string of the molecule is CSc1ccc([C@H]2CC(=O)NC(SCC(=O)Nc3cccc(Cl)c3)=C2C#N)cc1. The van der Waals surface area contributed by atoms with Crippen LogP contribution in [0.4, 0.5) is 5.69 Å². The highest BCUT2D eigenvalue weighted by molar-refractivity contribution is 8.03. The standard InChI is InChI=1S/C21H18ClN3O2S2/c1-28-16-7-5-13(6-8-16)17-10-19(26)25-21(18(17)11-23)29-12-20(27)24-15-4-2-3-14(22)9-15/h2-9,17H,10,12H2,1H3,(H,24,27)(H,25,26)/t17-/m1/s1. The molecule has 0 saturated carbocycles. The van der Waals surface area contributed by atoms with E-state index in [4.69, 9.17) is 11.6 Å². The highest BCUT2D eigenvalue weighted by Crippen LogP contribution is 2.36. The Morgan fingerprint density at radius 2 is 2.07 bits per heavy atom. The maximum absolute atomic E-state index is 12.3. The third-order valence-corrected chi connectivity index (χ3v) is 6.33. The number of carbonyl (C=O) groups is 2. The molecule has 29 heavy (non-hydrogen) atoms. The fourth-order valence-electron chi connectivity index (χ4n) is 2.95. The van der Waals surface area contributed by atoms with Gasteiger partial charge in [0.05, 0.1) is 22.4 Å². The van der Waals surface area contributed by atoms with Gasteiger partial charge in [0.25, 0.3) is 0 Å². The predicted octanol–water partition coefficient (Wildman–Crippen LogP) is 4.77. The highest BCUT2D eigenvalue weighted by atomic mass is 35.5. The van der Waals surface area contributed by atoms with Crippen LogP contribution in [0.5, 0.6) is 0 Å². The van der Waals surface area contributed by atoms with Crippen LogP contribution in [0.3, 0.4) is 0 Å². The van der Waals surface area contributed by atoms with Crippen molar-refractivity contribution in [1.82, 2.24) is 5.32 Å². The molecular weight excluding hydrogens is 426 g/mol. The summed E-state index contributed by atoms with van der Waals surface area (Å²) in [6.07, 6.45) is 2.20. The lowest BCUT2D eigenvalue weighted by Gasteiger charge is -2.25. The van der Waals surface area contributed by atoms with Gasteiger partial charge < -0.3 is 10.6 Å². The minimum Gasteiger partial charge on any atom is -0.325 e. The van der Waals surface area contributed by atoms with E-state index in [9.17, 15) is 14.9 Å². The number of nitrogens with one attached hydrogen (secondary N) is 2. The Bertz CT molecular complexity index is 1000. The summed E-state index contributed by atoms with van der Waals surface area (Å²) < 4.78 is 0. The van der Waals surface area contributed by atoms with E-state index < -0.39 is 0 Å². The number of anilines is 1. The van der Waals surface area contributed by atoms with Crippen LogP contribution >= 0.6 is 35.1 Å². The van der Waals surface area contributed by atoms with Crippen molar-refractivity contribution in [2.75, 3.05) is 17.3 Å². The molecule has 1 atom stereocenters. The van der Waals surface area contributed by atoms with Crippen molar-refractivity contribution >= 4 is 52.6 Å². The van der Waals surface area contributed by atoms with Crippen LogP contribution in [-0.4, -0.2) is 23.8 Å². The molecule has 0 saturated heterocycles. The van der Waals surface area contributed by atoms with Gasteiger partial charge in [-0.2, -0.15) is 5.26 Å². The molecule has 0 aromatic heterocycles. The Labute approximate surface area is 182 Å². The van der Waals surface area contributed by atoms with E-state index in [-0.39, 0.29) is 29.9 Å². The van der Waals surface area contributed by atoms with Crippen molar-refractivity contribution in [2.45, 2.75) is 17.2 Å². The molecule has 0 aliphatic carbocycles. The van der Waals surface area contributed by atoms with E-state index in [1.54, 1.807) is 36.0 Å². The van der Waals surface area contributed by atoms with Crippen LogP contribution in [-0.2, 0) is 9.59 Å². The lowest BCUT2D eigenvalue weighted by Crippen LogP contribution is -2.31. The number of rotatable bonds is 6. The number of nitrogens with zero attached hydrogens (tertiary/aromatic N) is 1. The Hall–Kier alpha value is -2.40. The zero-order valence-corrected chi connectivity index (χ0v) is 18.0.